The van der Waals surface area contributed by atoms with Gasteiger partial charge in [0.1, 0.15) is 16.9 Å². The summed E-state index contributed by atoms with van der Waals surface area (Å²) < 4.78 is 10.5. The highest BCUT2D eigenvalue weighted by Gasteiger charge is 2.56. The summed E-state index contributed by atoms with van der Waals surface area (Å²) in [5, 5.41) is 0. The summed E-state index contributed by atoms with van der Waals surface area (Å²) in [7, 11) is 3.15. The lowest BCUT2D eigenvalue weighted by molar-refractivity contribution is -0.151. The van der Waals surface area contributed by atoms with Crippen LogP contribution in [0.4, 0.5) is 10.5 Å². The topological polar surface area (TPSA) is 76.2 Å². The molecule has 1 atom stereocenters. The highest BCUT2D eigenvalue weighted by Crippen LogP contribution is 2.41. The first-order valence-corrected chi connectivity index (χ1v) is 13.4. The summed E-state index contributed by atoms with van der Waals surface area (Å²) in [6, 6.07) is 13.5. The van der Waals surface area contributed by atoms with Gasteiger partial charge in [0.15, 0.2) is 0 Å². The van der Waals surface area contributed by atoms with Gasteiger partial charge in [-0.05, 0) is 54.8 Å². The molecule has 0 bridgehead atoms. The number of hydrogen-bond donors (Lipinski definition) is 0. The molecule has 0 saturated carbocycles. The summed E-state index contributed by atoms with van der Waals surface area (Å²) >= 11 is 0. The number of barbiturate groups is 1. The average Bonchev–Trinajstić information content (AvgIpc) is 2.92. The lowest BCUT2D eigenvalue weighted by atomic mass is 9.74. The molecule has 2 aromatic rings. The number of rotatable bonds is 14. The zero-order valence-electron chi connectivity index (χ0n) is 22.6. The first kappa shape index (κ1) is 28.2. The fourth-order valence-corrected chi connectivity index (χ4v) is 5.06. The van der Waals surface area contributed by atoms with E-state index in [4.69, 9.17) is 9.47 Å². The van der Waals surface area contributed by atoms with Crippen LogP contribution < -0.4 is 14.4 Å². The molecule has 0 aromatic heterocycles. The van der Waals surface area contributed by atoms with Crippen LogP contribution in [0.15, 0.2) is 48.5 Å². The second-order valence-electron chi connectivity index (χ2n) is 9.71. The third kappa shape index (κ3) is 6.32. The third-order valence-corrected chi connectivity index (χ3v) is 7.15. The summed E-state index contributed by atoms with van der Waals surface area (Å²) in [6.07, 6.45) is 7.80. The SMILES string of the molecule is CCCCCCCCC1(CCC)C(=O)N(Cc2ccc(OC)cc2)C(=O)N(c2ccc(OC)cc2)C1=O. The minimum atomic E-state index is -1.26. The minimum absolute atomic E-state index is 0.0869. The molecule has 0 aliphatic carbocycles. The van der Waals surface area contributed by atoms with Crippen LogP contribution in [0.3, 0.4) is 0 Å². The van der Waals surface area contributed by atoms with E-state index in [1.165, 1.54) is 16.2 Å². The Hall–Kier alpha value is -3.35. The number of ether oxygens (including phenoxy) is 2. The molecule has 1 aliphatic rings. The molecule has 1 fully saturated rings. The first-order valence-electron chi connectivity index (χ1n) is 13.4. The zero-order chi connectivity index (χ0) is 26.8. The Balaban J connectivity index is 1.97. The lowest BCUT2D eigenvalue weighted by Crippen LogP contribution is -2.65. The van der Waals surface area contributed by atoms with Gasteiger partial charge in [-0.25, -0.2) is 9.69 Å². The first-order chi connectivity index (χ1) is 17.9. The molecule has 0 radical (unpaired) electrons. The number of unbranched alkanes of at least 4 members (excludes halogenated alkanes) is 5. The molecule has 4 amide bonds. The van der Waals surface area contributed by atoms with Crippen molar-refractivity contribution >= 4 is 23.5 Å². The Kier molecular flexibility index (Phi) is 10.1. The molecule has 1 aliphatic heterocycles. The maximum Gasteiger partial charge on any atom is 0.338 e. The maximum atomic E-state index is 14.1. The van der Waals surface area contributed by atoms with Gasteiger partial charge in [-0.3, -0.25) is 14.5 Å². The molecule has 0 spiro atoms. The Morgan fingerprint density at radius 1 is 0.676 bits per heavy atom. The van der Waals surface area contributed by atoms with E-state index in [0.717, 1.165) is 37.7 Å². The summed E-state index contributed by atoms with van der Waals surface area (Å²) in [5.41, 5.74) is -0.0391. The van der Waals surface area contributed by atoms with Crippen LogP contribution in [-0.4, -0.2) is 37.0 Å². The van der Waals surface area contributed by atoms with Gasteiger partial charge in [0.2, 0.25) is 5.91 Å². The highest BCUT2D eigenvalue weighted by atomic mass is 16.5. The van der Waals surface area contributed by atoms with Gasteiger partial charge in [0, 0.05) is 0 Å². The van der Waals surface area contributed by atoms with E-state index in [1.807, 2.05) is 19.1 Å². The van der Waals surface area contributed by atoms with Crippen molar-refractivity contribution in [2.45, 2.75) is 78.2 Å². The predicted molar refractivity (Wildman–Crippen MR) is 145 cm³/mol. The molecule has 1 heterocycles. The van der Waals surface area contributed by atoms with Crippen molar-refractivity contribution < 1.29 is 23.9 Å². The summed E-state index contributed by atoms with van der Waals surface area (Å²) in [6.45, 7) is 4.24. The van der Waals surface area contributed by atoms with Crippen LogP contribution in [0, 0.1) is 5.41 Å². The Morgan fingerprint density at radius 3 is 1.81 bits per heavy atom. The van der Waals surface area contributed by atoms with Gasteiger partial charge < -0.3 is 9.47 Å². The van der Waals surface area contributed by atoms with Crippen LogP contribution in [0.2, 0.25) is 0 Å². The van der Waals surface area contributed by atoms with E-state index >= 15 is 0 Å². The largest absolute Gasteiger partial charge is 0.497 e. The second-order valence-corrected chi connectivity index (χ2v) is 9.71. The molecule has 2 aromatic carbocycles. The molecule has 1 unspecified atom stereocenters. The lowest BCUT2D eigenvalue weighted by Gasteiger charge is -2.44. The van der Waals surface area contributed by atoms with Crippen LogP contribution in [0.5, 0.6) is 11.5 Å². The van der Waals surface area contributed by atoms with Crippen LogP contribution in [-0.2, 0) is 16.1 Å². The van der Waals surface area contributed by atoms with Crippen molar-refractivity contribution in [1.82, 2.24) is 4.90 Å². The van der Waals surface area contributed by atoms with E-state index in [9.17, 15) is 14.4 Å². The quantitative estimate of drug-likeness (QED) is 0.209. The Morgan fingerprint density at radius 2 is 1.24 bits per heavy atom. The van der Waals surface area contributed by atoms with Gasteiger partial charge in [-0.15, -0.1) is 0 Å². The molecular weight excluding hydrogens is 468 g/mol. The van der Waals surface area contributed by atoms with Gasteiger partial charge in [0.05, 0.1) is 26.5 Å². The molecule has 37 heavy (non-hydrogen) atoms. The normalized spacial score (nSPS) is 17.9. The number of hydrogen-bond acceptors (Lipinski definition) is 5. The minimum Gasteiger partial charge on any atom is -0.497 e. The molecular formula is C30H40N2O5. The molecule has 0 N–H and O–H groups in total. The standard InChI is InChI=1S/C30H40N2O5/c1-5-7-8-9-10-11-21-30(20-6-2)27(33)31(22-23-12-16-25(36-3)17-13-23)29(35)32(28(30)34)24-14-18-26(37-4)19-15-24/h12-19H,5-11,20-22H2,1-4H3. The van der Waals surface area contributed by atoms with E-state index in [1.54, 1.807) is 50.6 Å². The van der Waals surface area contributed by atoms with Gasteiger partial charge >= 0.3 is 6.03 Å². The molecule has 7 heteroatoms. The molecule has 7 nitrogen and oxygen atoms in total. The van der Waals surface area contributed by atoms with Crippen molar-refractivity contribution in [3.05, 3.63) is 54.1 Å². The fourth-order valence-electron chi connectivity index (χ4n) is 5.06. The van der Waals surface area contributed by atoms with E-state index in [2.05, 4.69) is 6.92 Å². The smallest absolute Gasteiger partial charge is 0.338 e. The molecule has 1 saturated heterocycles. The Labute approximate surface area is 220 Å². The van der Waals surface area contributed by atoms with Crippen LogP contribution >= 0.6 is 0 Å². The Bertz CT molecular complexity index is 1050. The summed E-state index contributed by atoms with van der Waals surface area (Å²) in [5.74, 6) is 0.504. The van der Waals surface area contributed by atoms with Crippen molar-refractivity contribution in [2.75, 3.05) is 19.1 Å². The maximum absolute atomic E-state index is 14.1. The van der Waals surface area contributed by atoms with Crippen molar-refractivity contribution in [3.63, 3.8) is 0 Å². The van der Waals surface area contributed by atoms with Gasteiger partial charge in [-0.1, -0.05) is 70.9 Å². The number of carbonyl (C=O) groups is 3. The second kappa shape index (κ2) is 13.3. The zero-order valence-corrected chi connectivity index (χ0v) is 22.6. The average molecular weight is 509 g/mol. The fraction of sp³-hybridized carbons (Fsp3) is 0.500. The van der Waals surface area contributed by atoms with E-state index in [0.29, 0.717) is 36.4 Å². The number of anilines is 1. The number of carbonyl (C=O) groups excluding carboxylic acids is 3. The molecule has 3 rings (SSSR count). The van der Waals surface area contributed by atoms with Crippen molar-refractivity contribution in [3.8, 4) is 11.5 Å². The van der Waals surface area contributed by atoms with Gasteiger partial charge in [-0.2, -0.15) is 0 Å². The number of urea groups is 1. The van der Waals surface area contributed by atoms with E-state index < -0.39 is 23.3 Å². The monoisotopic (exact) mass is 508 g/mol. The van der Waals surface area contributed by atoms with Crippen LogP contribution in [0.25, 0.3) is 0 Å². The summed E-state index contributed by atoms with van der Waals surface area (Å²) in [4.78, 5) is 44.3. The third-order valence-electron chi connectivity index (χ3n) is 7.15. The number of methoxy groups -OCH3 is 2. The van der Waals surface area contributed by atoms with Crippen molar-refractivity contribution in [1.29, 1.82) is 0 Å². The van der Waals surface area contributed by atoms with Crippen LogP contribution in [0.1, 0.15) is 77.2 Å². The van der Waals surface area contributed by atoms with Crippen molar-refractivity contribution in [2.24, 2.45) is 5.41 Å². The number of nitrogens with zero attached hydrogens (tertiary/aromatic N) is 2. The number of benzene rings is 2. The van der Waals surface area contributed by atoms with E-state index in [-0.39, 0.29) is 6.54 Å². The highest BCUT2D eigenvalue weighted by molar-refractivity contribution is 6.29. The molecule has 200 valence electrons. The number of imide groups is 2. The number of amides is 4. The van der Waals surface area contributed by atoms with Gasteiger partial charge in [0.25, 0.3) is 5.91 Å². The predicted octanol–water partition coefficient (Wildman–Crippen LogP) is 6.74.